The van der Waals surface area contributed by atoms with E-state index in [1.165, 1.54) is 0 Å². The highest BCUT2D eigenvalue weighted by atomic mass is 35.5. The molecule has 4 aromatic rings. The second-order valence-corrected chi connectivity index (χ2v) is 14.2. The molecule has 2 aromatic carbocycles. The first-order valence-electron chi connectivity index (χ1n) is 18.3. The highest BCUT2D eigenvalue weighted by molar-refractivity contribution is 7.15. The molecule has 55 heavy (non-hydrogen) atoms. The van der Waals surface area contributed by atoms with Crippen molar-refractivity contribution >= 4 is 34.6 Å². The van der Waals surface area contributed by atoms with Crippen LogP contribution in [0.25, 0.3) is 5.00 Å². The molecule has 0 fully saturated rings. The van der Waals surface area contributed by atoms with Crippen molar-refractivity contribution in [3.63, 3.8) is 0 Å². The molecule has 14 nitrogen and oxygen atoms in total. The molecule has 0 radical (unpaired) electrons. The summed E-state index contributed by atoms with van der Waals surface area (Å²) in [6.45, 7) is 12.7. The summed E-state index contributed by atoms with van der Waals surface area (Å²) in [5, 5.41) is 10.5. The quantitative estimate of drug-likeness (QED) is 0.0903. The standard InChI is InChI=1S/C39H51ClN6O8S/c1-26-27(2)55-39-33(26)35(30-4-8-31(40)9-5-30)43-36(38-45-44-28(3)46(38)39)34(37(42)47)29-6-10-32(11-7-29)54-25-24-53-23-22-52-21-20-51-19-18-50-17-16-49-15-14-48-13-12-41/h4-11,34,36H,12-25,41H2,1-3H3,(H2,42,47). The number of aromatic nitrogens is 3. The van der Waals surface area contributed by atoms with Crippen LogP contribution in [-0.2, 0) is 33.2 Å². The first kappa shape index (κ1) is 42.4. The SMILES string of the molecule is Cc1sc2c(c1C)C(c1ccc(Cl)cc1)=NC(C(C(N)=O)c1ccc(OCCOCCOCCOCCOCCOCCOCCN)cc1)c1nnc(C)n1-2. The van der Waals surface area contributed by atoms with Crippen molar-refractivity contribution in [2.75, 3.05) is 92.4 Å². The molecular formula is C39H51ClN6O8S. The van der Waals surface area contributed by atoms with Gasteiger partial charge in [0.05, 0.1) is 90.9 Å². The molecule has 0 saturated carbocycles. The molecular weight excluding hydrogens is 748 g/mol. The van der Waals surface area contributed by atoms with Crippen molar-refractivity contribution < 1.29 is 38.0 Å². The first-order chi connectivity index (χ1) is 26.8. The normalized spacial score (nSPS) is 14.3. The van der Waals surface area contributed by atoms with Crippen LogP contribution in [0.15, 0.2) is 53.5 Å². The van der Waals surface area contributed by atoms with Crippen molar-refractivity contribution in [2.45, 2.75) is 32.7 Å². The summed E-state index contributed by atoms with van der Waals surface area (Å²) >= 11 is 7.91. The van der Waals surface area contributed by atoms with E-state index in [1.807, 2.05) is 60.0 Å². The van der Waals surface area contributed by atoms with Crippen molar-refractivity contribution in [1.29, 1.82) is 0 Å². The average Bonchev–Trinajstić information content (AvgIpc) is 3.65. The van der Waals surface area contributed by atoms with Crippen LogP contribution in [0, 0.1) is 20.8 Å². The first-order valence-corrected chi connectivity index (χ1v) is 19.5. The maximum absolute atomic E-state index is 13.3. The van der Waals surface area contributed by atoms with Crippen LogP contribution in [0.2, 0.25) is 5.02 Å². The van der Waals surface area contributed by atoms with Crippen LogP contribution in [0.5, 0.6) is 5.75 Å². The lowest BCUT2D eigenvalue weighted by atomic mass is 9.90. The van der Waals surface area contributed by atoms with E-state index in [1.54, 1.807) is 11.3 Å². The van der Waals surface area contributed by atoms with E-state index >= 15 is 0 Å². The summed E-state index contributed by atoms with van der Waals surface area (Å²) in [5.41, 5.74) is 15.9. The number of thiophene rings is 1. The van der Waals surface area contributed by atoms with Gasteiger partial charge in [0.15, 0.2) is 5.82 Å². The van der Waals surface area contributed by atoms with E-state index in [0.717, 1.165) is 32.3 Å². The summed E-state index contributed by atoms with van der Waals surface area (Å²) in [5.74, 6) is 0.511. The topological polar surface area (TPSA) is 177 Å². The van der Waals surface area contributed by atoms with Gasteiger partial charge in [-0.1, -0.05) is 35.9 Å². The van der Waals surface area contributed by atoms with Crippen LogP contribution < -0.4 is 16.2 Å². The van der Waals surface area contributed by atoms with Gasteiger partial charge in [-0.3, -0.25) is 14.4 Å². The zero-order chi connectivity index (χ0) is 39.0. The molecule has 5 rings (SSSR count). The van der Waals surface area contributed by atoms with E-state index in [2.05, 4.69) is 24.0 Å². The van der Waals surface area contributed by atoms with Gasteiger partial charge in [0.25, 0.3) is 0 Å². The molecule has 0 spiro atoms. The summed E-state index contributed by atoms with van der Waals surface area (Å²) in [4.78, 5) is 19.7. The Balaban J connectivity index is 1.07. The Labute approximate surface area is 331 Å². The molecule has 1 aliphatic heterocycles. The number of nitrogens with zero attached hydrogens (tertiary/aromatic N) is 4. The maximum Gasteiger partial charge on any atom is 0.227 e. The number of hydrogen-bond donors (Lipinski definition) is 2. The molecule has 0 aliphatic carbocycles. The molecule has 4 N–H and O–H groups in total. The van der Waals surface area contributed by atoms with Gasteiger partial charge < -0.3 is 44.6 Å². The molecule has 1 amide bonds. The third-order valence-electron chi connectivity index (χ3n) is 8.79. The number of ether oxygens (including phenoxy) is 7. The lowest BCUT2D eigenvalue weighted by Crippen LogP contribution is -2.28. The molecule has 0 saturated heterocycles. The number of fused-ring (bicyclic) bond motifs is 3. The fraction of sp³-hybridized carbons (Fsp3) is 0.487. The minimum Gasteiger partial charge on any atom is -0.491 e. The lowest BCUT2D eigenvalue weighted by Gasteiger charge is -2.22. The highest BCUT2D eigenvalue weighted by Gasteiger charge is 2.38. The van der Waals surface area contributed by atoms with E-state index in [0.29, 0.717) is 120 Å². The third kappa shape index (κ3) is 11.9. The van der Waals surface area contributed by atoms with Crippen LogP contribution in [0.4, 0.5) is 0 Å². The zero-order valence-corrected chi connectivity index (χ0v) is 33.2. The Morgan fingerprint density at radius 1 is 0.764 bits per heavy atom. The molecule has 0 bridgehead atoms. The van der Waals surface area contributed by atoms with Crippen LogP contribution >= 0.6 is 22.9 Å². The Morgan fingerprint density at radius 3 is 1.82 bits per heavy atom. The fourth-order valence-corrected chi connectivity index (χ4v) is 7.30. The summed E-state index contributed by atoms with van der Waals surface area (Å²) in [6.07, 6.45) is 0. The summed E-state index contributed by atoms with van der Waals surface area (Å²) < 4.78 is 40.7. The Kier molecular flexibility index (Phi) is 17.0. The van der Waals surface area contributed by atoms with Crippen molar-refractivity contribution in [3.05, 3.63) is 92.3 Å². The largest absolute Gasteiger partial charge is 0.491 e. The van der Waals surface area contributed by atoms with Crippen molar-refractivity contribution in [2.24, 2.45) is 16.5 Å². The molecule has 2 aromatic heterocycles. The molecule has 16 heteroatoms. The third-order valence-corrected chi connectivity index (χ3v) is 10.2. The van der Waals surface area contributed by atoms with Crippen LogP contribution in [0.3, 0.4) is 0 Å². The van der Waals surface area contributed by atoms with E-state index < -0.39 is 17.9 Å². The summed E-state index contributed by atoms with van der Waals surface area (Å²) in [7, 11) is 0. The lowest BCUT2D eigenvalue weighted by molar-refractivity contribution is -0.120. The van der Waals surface area contributed by atoms with Crippen LogP contribution in [-0.4, -0.2) is 119 Å². The number of amides is 1. The molecule has 298 valence electrons. The van der Waals surface area contributed by atoms with Gasteiger partial charge in [0.2, 0.25) is 5.91 Å². The van der Waals surface area contributed by atoms with Gasteiger partial charge in [0, 0.05) is 27.6 Å². The number of hydrogen-bond acceptors (Lipinski definition) is 13. The number of primary amides is 1. The number of carbonyl (C=O) groups excluding carboxylic acids is 1. The number of rotatable bonds is 25. The number of carbonyl (C=O) groups is 1. The van der Waals surface area contributed by atoms with Gasteiger partial charge in [-0.15, -0.1) is 21.5 Å². The van der Waals surface area contributed by atoms with E-state index in [4.69, 9.17) is 61.2 Å². The second-order valence-electron chi connectivity index (χ2n) is 12.6. The maximum atomic E-state index is 13.3. The minimum atomic E-state index is -0.834. The summed E-state index contributed by atoms with van der Waals surface area (Å²) in [6, 6.07) is 14.1. The highest BCUT2D eigenvalue weighted by Crippen LogP contribution is 2.43. The molecule has 2 atom stereocenters. The van der Waals surface area contributed by atoms with E-state index in [9.17, 15) is 4.79 Å². The number of aryl methyl sites for hydroxylation is 2. The number of halogens is 1. The number of nitrogens with two attached hydrogens (primary N) is 2. The van der Waals surface area contributed by atoms with E-state index in [-0.39, 0.29) is 0 Å². The van der Waals surface area contributed by atoms with Crippen LogP contribution in [0.1, 0.15) is 50.7 Å². The van der Waals surface area contributed by atoms with Gasteiger partial charge in [-0.05, 0) is 56.2 Å². The van der Waals surface area contributed by atoms with Gasteiger partial charge >= 0.3 is 0 Å². The number of benzene rings is 2. The average molecular weight is 799 g/mol. The predicted molar refractivity (Wildman–Crippen MR) is 211 cm³/mol. The van der Waals surface area contributed by atoms with Gasteiger partial charge in [0.1, 0.15) is 29.2 Å². The van der Waals surface area contributed by atoms with Crippen molar-refractivity contribution in [3.8, 4) is 10.8 Å². The molecule has 1 aliphatic rings. The molecule has 3 heterocycles. The second kappa shape index (κ2) is 22.1. The molecule has 2 unspecified atom stereocenters. The Morgan fingerprint density at radius 2 is 1.29 bits per heavy atom. The predicted octanol–water partition coefficient (Wildman–Crippen LogP) is 4.51. The monoisotopic (exact) mass is 798 g/mol. The fourth-order valence-electron chi connectivity index (χ4n) is 5.96. The zero-order valence-electron chi connectivity index (χ0n) is 31.7. The Bertz CT molecular complexity index is 1820. The minimum absolute atomic E-state index is 0.343. The number of aliphatic imine (C=N–C) groups is 1. The van der Waals surface area contributed by atoms with Gasteiger partial charge in [-0.25, -0.2) is 0 Å². The van der Waals surface area contributed by atoms with Gasteiger partial charge in [-0.2, -0.15) is 0 Å². The van der Waals surface area contributed by atoms with Crippen molar-refractivity contribution in [1.82, 2.24) is 14.8 Å². The smallest absolute Gasteiger partial charge is 0.227 e. The Hall–Kier alpha value is -3.77.